The Balaban J connectivity index is 2.49. The predicted octanol–water partition coefficient (Wildman–Crippen LogP) is 1.38. The minimum absolute atomic E-state index is 0.00137. The average Bonchev–Trinajstić information content (AvgIpc) is 2.31. The summed E-state index contributed by atoms with van der Waals surface area (Å²) in [6.07, 6.45) is 4.47. The number of carbonyl (C=O) groups is 1. The first-order valence-electron chi connectivity index (χ1n) is 5.62. The second-order valence-corrected chi connectivity index (χ2v) is 4.76. The van der Waals surface area contributed by atoms with Crippen LogP contribution in [-0.2, 0) is 4.79 Å². The van der Waals surface area contributed by atoms with E-state index in [0.717, 1.165) is 18.5 Å². The third-order valence-corrected chi connectivity index (χ3v) is 3.51. The van der Waals surface area contributed by atoms with Gasteiger partial charge in [-0.15, -0.1) is 0 Å². The predicted molar refractivity (Wildman–Crippen MR) is 74.2 cm³/mol. The van der Waals surface area contributed by atoms with Crippen molar-refractivity contribution in [2.75, 3.05) is 11.5 Å². The molecule has 0 spiro atoms. The molecule has 0 aromatic heterocycles. The van der Waals surface area contributed by atoms with Gasteiger partial charge in [0.1, 0.15) is 0 Å². The van der Waals surface area contributed by atoms with Crippen molar-refractivity contribution in [3.8, 4) is 0 Å². The minimum atomic E-state index is -0.00137. The standard InChI is InChI=1S/C11H20N2OS2/c1-8(6-15)12-9-4-2-3-5-10(9)13-11(14)7-16/h9-10,12,15-16H,1-7H2,(H,13,14)/t9-,10-/m1/s1. The summed E-state index contributed by atoms with van der Waals surface area (Å²) in [4.78, 5) is 11.3. The van der Waals surface area contributed by atoms with Gasteiger partial charge in [-0.1, -0.05) is 19.4 Å². The SMILES string of the molecule is C=C(CS)N[C@@H]1CCCC[C@H]1NC(=O)CS. The van der Waals surface area contributed by atoms with Crippen LogP contribution in [0.4, 0.5) is 0 Å². The highest BCUT2D eigenvalue weighted by molar-refractivity contribution is 7.81. The fourth-order valence-corrected chi connectivity index (χ4v) is 2.22. The number of rotatable bonds is 5. The van der Waals surface area contributed by atoms with Crippen molar-refractivity contribution in [3.05, 3.63) is 12.3 Å². The average molecular weight is 260 g/mol. The molecule has 2 atom stereocenters. The lowest BCUT2D eigenvalue weighted by molar-refractivity contribution is -0.119. The second-order valence-electron chi connectivity index (χ2n) is 4.13. The molecule has 16 heavy (non-hydrogen) atoms. The molecule has 0 heterocycles. The Morgan fingerprint density at radius 1 is 1.12 bits per heavy atom. The van der Waals surface area contributed by atoms with Crippen LogP contribution in [0.15, 0.2) is 12.3 Å². The summed E-state index contributed by atoms with van der Waals surface area (Å²) in [5.41, 5.74) is 0.917. The number of hydrogen-bond donors (Lipinski definition) is 4. The fourth-order valence-electron chi connectivity index (χ4n) is 2.04. The Labute approximate surface area is 108 Å². The summed E-state index contributed by atoms with van der Waals surface area (Å²) in [5, 5.41) is 6.34. The van der Waals surface area contributed by atoms with Gasteiger partial charge >= 0.3 is 0 Å². The normalized spacial score (nSPS) is 24.9. The molecule has 3 nitrogen and oxygen atoms in total. The van der Waals surface area contributed by atoms with Gasteiger partial charge in [0.15, 0.2) is 0 Å². The smallest absolute Gasteiger partial charge is 0.230 e. The second kappa shape index (κ2) is 7.12. The molecule has 1 fully saturated rings. The first-order valence-corrected chi connectivity index (χ1v) is 6.89. The van der Waals surface area contributed by atoms with E-state index in [1.165, 1.54) is 12.8 Å². The van der Waals surface area contributed by atoms with E-state index in [1.807, 2.05) is 0 Å². The lowest BCUT2D eigenvalue weighted by Crippen LogP contribution is -2.51. The maximum Gasteiger partial charge on any atom is 0.230 e. The molecule has 1 rings (SSSR count). The Morgan fingerprint density at radius 3 is 2.19 bits per heavy atom. The zero-order valence-electron chi connectivity index (χ0n) is 9.41. The Morgan fingerprint density at radius 2 is 1.69 bits per heavy atom. The highest BCUT2D eigenvalue weighted by Crippen LogP contribution is 2.19. The third kappa shape index (κ3) is 4.29. The lowest BCUT2D eigenvalue weighted by Gasteiger charge is -2.33. The minimum Gasteiger partial charge on any atom is -0.383 e. The van der Waals surface area contributed by atoms with Crippen molar-refractivity contribution in [2.45, 2.75) is 37.8 Å². The summed E-state index contributed by atoms with van der Waals surface area (Å²) in [5.74, 6) is 0.874. The molecule has 92 valence electrons. The molecule has 1 aliphatic carbocycles. The molecule has 0 saturated heterocycles. The highest BCUT2D eigenvalue weighted by atomic mass is 32.1. The molecular weight excluding hydrogens is 240 g/mol. The molecular formula is C11H20N2OS2. The van der Waals surface area contributed by atoms with Crippen LogP contribution in [0.25, 0.3) is 0 Å². The van der Waals surface area contributed by atoms with Crippen LogP contribution >= 0.6 is 25.3 Å². The van der Waals surface area contributed by atoms with Crippen molar-refractivity contribution >= 4 is 31.2 Å². The number of carbonyl (C=O) groups excluding carboxylic acids is 1. The lowest BCUT2D eigenvalue weighted by atomic mass is 9.90. The maximum atomic E-state index is 11.3. The number of nitrogens with one attached hydrogen (secondary N) is 2. The van der Waals surface area contributed by atoms with Crippen LogP contribution in [0.1, 0.15) is 25.7 Å². The summed E-state index contributed by atoms with van der Waals surface area (Å²) < 4.78 is 0. The van der Waals surface area contributed by atoms with Crippen molar-refractivity contribution in [2.24, 2.45) is 0 Å². The molecule has 1 saturated carbocycles. The van der Waals surface area contributed by atoms with Crippen molar-refractivity contribution in [1.82, 2.24) is 10.6 Å². The highest BCUT2D eigenvalue weighted by Gasteiger charge is 2.25. The van der Waals surface area contributed by atoms with Gasteiger partial charge in [0.05, 0.1) is 5.75 Å². The topological polar surface area (TPSA) is 41.1 Å². The molecule has 0 aromatic rings. The molecule has 0 radical (unpaired) electrons. The molecule has 0 aromatic carbocycles. The third-order valence-electron chi connectivity index (χ3n) is 2.84. The van der Waals surface area contributed by atoms with Gasteiger partial charge in [-0.2, -0.15) is 25.3 Å². The Bertz CT molecular complexity index is 232. The zero-order chi connectivity index (χ0) is 12.0. The summed E-state index contributed by atoms with van der Waals surface area (Å²) in [6.45, 7) is 3.89. The first-order chi connectivity index (χ1) is 7.67. The van der Waals surface area contributed by atoms with Gasteiger partial charge in [-0.3, -0.25) is 4.79 Å². The Hall–Kier alpha value is -0.290. The molecule has 0 aliphatic heterocycles. The van der Waals surface area contributed by atoms with E-state index < -0.39 is 0 Å². The van der Waals surface area contributed by atoms with E-state index in [9.17, 15) is 4.79 Å². The van der Waals surface area contributed by atoms with Gasteiger partial charge in [0, 0.05) is 23.5 Å². The van der Waals surface area contributed by atoms with E-state index in [2.05, 4.69) is 42.5 Å². The van der Waals surface area contributed by atoms with Gasteiger partial charge in [-0.25, -0.2) is 0 Å². The Kier molecular flexibility index (Phi) is 6.13. The van der Waals surface area contributed by atoms with Crippen LogP contribution in [0, 0.1) is 0 Å². The van der Waals surface area contributed by atoms with E-state index in [4.69, 9.17) is 0 Å². The number of amides is 1. The summed E-state index contributed by atoms with van der Waals surface area (Å²) >= 11 is 8.14. The molecule has 0 bridgehead atoms. The van der Waals surface area contributed by atoms with Crippen LogP contribution in [0.3, 0.4) is 0 Å². The van der Waals surface area contributed by atoms with E-state index in [0.29, 0.717) is 5.75 Å². The summed E-state index contributed by atoms with van der Waals surface area (Å²) in [6, 6.07) is 0.488. The van der Waals surface area contributed by atoms with Gasteiger partial charge in [-0.05, 0) is 12.8 Å². The maximum absolute atomic E-state index is 11.3. The van der Waals surface area contributed by atoms with Crippen molar-refractivity contribution in [3.63, 3.8) is 0 Å². The van der Waals surface area contributed by atoms with E-state index in [-0.39, 0.29) is 23.7 Å². The van der Waals surface area contributed by atoms with Crippen LogP contribution < -0.4 is 10.6 Å². The van der Waals surface area contributed by atoms with Crippen LogP contribution in [-0.4, -0.2) is 29.5 Å². The van der Waals surface area contributed by atoms with Crippen LogP contribution in [0.5, 0.6) is 0 Å². The van der Waals surface area contributed by atoms with Crippen LogP contribution in [0.2, 0.25) is 0 Å². The van der Waals surface area contributed by atoms with Crippen molar-refractivity contribution in [1.29, 1.82) is 0 Å². The van der Waals surface area contributed by atoms with Gasteiger partial charge in [0.25, 0.3) is 0 Å². The molecule has 0 unspecified atom stereocenters. The molecule has 1 amide bonds. The number of hydrogen-bond acceptors (Lipinski definition) is 4. The fraction of sp³-hybridized carbons (Fsp3) is 0.727. The number of thiol groups is 2. The van der Waals surface area contributed by atoms with E-state index >= 15 is 0 Å². The van der Waals surface area contributed by atoms with Gasteiger partial charge < -0.3 is 10.6 Å². The molecule has 1 aliphatic rings. The monoisotopic (exact) mass is 260 g/mol. The van der Waals surface area contributed by atoms with Gasteiger partial charge in [0.2, 0.25) is 5.91 Å². The first kappa shape index (κ1) is 13.8. The summed E-state index contributed by atoms with van der Waals surface area (Å²) in [7, 11) is 0. The molecule has 2 N–H and O–H groups in total. The quantitative estimate of drug-likeness (QED) is 0.564. The molecule has 5 heteroatoms. The van der Waals surface area contributed by atoms with E-state index in [1.54, 1.807) is 0 Å². The zero-order valence-corrected chi connectivity index (χ0v) is 11.2. The van der Waals surface area contributed by atoms with Crippen molar-refractivity contribution < 1.29 is 4.79 Å². The largest absolute Gasteiger partial charge is 0.383 e.